The van der Waals surface area contributed by atoms with Crippen molar-refractivity contribution in [3.8, 4) is 5.75 Å². The molecule has 0 aliphatic heterocycles. The highest BCUT2D eigenvalue weighted by atomic mass is 16.5. The number of ether oxygens (including phenoxy) is 1. The average Bonchev–Trinajstić information content (AvgIpc) is 3.03. The number of nitrogens with one attached hydrogen (secondary N) is 1. The second-order valence-electron chi connectivity index (χ2n) is 6.05. The fourth-order valence-electron chi connectivity index (χ4n) is 2.95. The maximum Gasteiger partial charge on any atom is 0.124 e. The summed E-state index contributed by atoms with van der Waals surface area (Å²) in [6, 6.07) is 14.2. The summed E-state index contributed by atoms with van der Waals surface area (Å²) in [6.07, 6.45) is 5.34. The fraction of sp³-hybridized carbons (Fsp3) is 0.368. The van der Waals surface area contributed by atoms with Crippen molar-refractivity contribution in [1.29, 1.82) is 0 Å². The molecular formula is C19H24N2O. The Bertz CT molecular complexity index is 616. The molecule has 1 aliphatic rings. The maximum atomic E-state index is 6.16. The van der Waals surface area contributed by atoms with Gasteiger partial charge in [0, 0.05) is 23.5 Å². The van der Waals surface area contributed by atoms with Crippen molar-refractivity contribution in [2.24, 2.45) is 0 Å². The topological polar surface area (TPSA) is 47.3 Å². The number of nitrogens with two attached hydrogens (primary N) is 1. The van der Waals surface area contributed by atoms with Crippen LogP contribution in [0.2, 0.25) is 0 Å². The molecule has 1 saturated carbocycles. The molecule has 3 rings (SSSR count). The predicted molar refractivity (Wildman–Crippen MR) is 92.2 cm³/mol. The van der Waals surface area contributed by atoms with Gasteiger partial charge in [-0.3, -0.25) is 0 Å². The number of benzene rings is 2. The van der Waals surface area contributed by atoms with Crippen LogP contribution in [0.5, 0.6) is 5.75 Å². The highest BCUT2D eigenvalue weighted by Gasteiger charge is 2.17. The van der Waals surface area contributed by atoms with E-state index < -0.39 is 0 Å². The minimum atomic E-state index is 0.394. The molecule has 116 valence electrons. The van der Waals surface area contributed by atoms with Crippen LogP contribution in [0.4, 0.5) is 11.4 Å². The van der Waals surface area contributed by atoms with Gasteiger partial charge in [-0.05, 0) is 62.4 Å². The summed E-state index contributed by atoms with van der Waals surface area (Å²) in [7, 11) is 0. The first-order valence-electron chi connectivity index (χ1n) is 8.07. The molecular weight excluding hydrogens is 272 g/mol. The first kappa shape index (κ1) is 14.8. The summed E-state index contributed by atoms with van der Waals surface area (Å²) in [4.78, 5) is 0. The van der Waals surface area contributed by atoms with Gasteiger partial charge in [0.2, 0.25) is 0 Å². The normalized spacial score (nSPS) is 15.0. The highest BCUT2D eigenvalue weighted by Crippen LogP contribution is 2.30. The highest BCUT2D eigenvalue weighted by molar-refractivity contribution is 5.57. The molecule has 0 spiro atoms. The largest absolute Gasteiger partial charge is 0.490 e. The minimum Gasteiger partial charge on any atom is -0.490 e. The van der Waals surface area contributed by atoms with Crippen LogP contribution in [0, 0.1) is 6.92 Å². The van der Waals surface area contributed by atoms with Gasteiger partial charge in [-0.15, -0.1) is 0 Å². The van der Waals surface area contributed by atoms with Gasteiger partial charge in [-0.25, -0.2) is 0 Å². The number of nitrogen functional groups attached to an aromatic ring is 1. The summed E-state index contributed by atoms with van der Waals surface area (Å²) in [5.74, 6) is 1.01. The number of hydrogen-bond acceptors (Lipinski definition) is 3. The van der Waals surface area contributed by atoms with Crippen molar-refractivity contribution in [3.05, 3.63) is 53.6 Å². The Hall–Kier alpha value is -2.16. The Morgan fingerprint density at radius 2 is 1.82 bits per heavy atom. The molecule has 3 nitrogen and oxygen atoms in total. The molecule has 3 N–H and O–H groups in total. The third-order valence-corrected chi connectivity index (χ3v) is 4.34. The maximum absolute atomic E-state index is 6.16. The Labute approximate surface area is 132 Å². The van der Waals surface area contributed by atoms with Crippen molar-refractivity contribution < 1.29 is 4.74 Å². The Kier molecular flexibility index (Phi) is 4.52. The Morgan fingerprint density at radius 3 is 2.55 bits per heavy atom. The molecule has 0 heterocycles. The summed E-state index contributed by atoms with van der Waals surface area (Å²) in [6.45, 7) is 2.91. The summed E-state index contributed by atoms with van der Waals surface area (Å²) in [5.41, 5.74) is 10.1. The zero-order chi connectivity index (χ0) is 15.4. The zero-order valence-electron chi connectivity index (χ0n) is 13.1. The van der Waals surface area contributed by atoms with Gasteiger partial charge in [0.15, 0.2) is 0 Å². The molecule has 0 saturated heterocycles. The number of rotatable bonds is 5. The standard InChI is InChI=1S/C19H24N2O/c1-14-18(21-13-15-9-11-16(20)12-10-15)7-4-8-19(14)22-17-5-2-3-6-17/h4,7-12,17,21H,2-3,5-6,13,20H2,1H3. The molecule has 0 aromatic heterocycles. The molecule has 2 aromatic rings. The summed E-state index contributed by atoms with van der Waals surface area (Å²) >= 11 is 0. The SMILES string of the molecule is Cc1c(NCc2ccc(N)cc2)cccc1OC1CCCC1. The van der Waals surface area contributed by atoms with Gasteiger partial charge in [0.1, 0.15) is 5.75 Å². The van der Waals surface area contributed by atoms with Crippen LogP contribution in [-0.4, -0.2) is 6.10 Å². The lowest BCUT2D eigenvalue weighted by molar-refractivity contribution is 0.209. The lowest BCUT2D eigenvalue weighted by atomic mass is 10.1. The third kappa shape index (κ3) is 3.53. The van der Waals surface area contributed by atoms with E-state index in [0.717, 1.165) is 23.7 Å². The van der Waals surface area contributed by atoms with Crippen molar-refractivity contribution in [2.45, 2.75) is 45.3 Å². The van der Waals surface area contributed by atoms with Crippen LogP contribution in [0.15, 0.2) is 42.5 Å². The second kappa shape index (κ2) is 6.73. The van der Waals surface area contributed by atoms with E-state index in [1.54, 1.807) is 0 Å². The van der Waals surface area contributed by atoms with E-state index in [9.17, 15) is 0 Å². The average molecular weight is 296 g/mol. The van der Waals surface area contributed by atoms with Crippen molar-refractivity contribution in [1.82, 2.24) is 0 Å². The lowest BCUT2D eigenvalue weighted by Gasteiger charge is -2.18. The molecule has 0 unspecified atom stereocenters. The van der Waals surface area contributed by atoms with Gasteiger partial charge in [-0.1, -0.05) is 18.2 Å². The first-order chi connectivity index (χ1) is 10.7. The lowest BCUT2D eigenvalue weighted by Crippen LogP contribution is -2.12. The van der Waals surface area contributed by atoms with Gasteiger partial charge in [-0.2, -0.15) is 0 Å². The van der Waals surface area contributed by atoms with E-state index in [1.165, 1.54) is 36.8 Å². The van der Waals surface area contributed by atoms with E-state index in [-0.39, 0.29) is 0 Å². The van der Waals surface area contributed by atoms with Gasteiger partial charge in [0.05, 0.1) is 6.10 Å². The molecule has 0 atom stereocenters. The molecule has 2 aromatic carbocycles. The van der Waals surface area contributed by atoms with Gasteiger partial charge in [0.25, 0.3) is 0 Å². The van der Waals surface area contributed by atoms with E-state index in [0.29, 0.717) is 6.10 Å². The first-order valence-corrected chi connectivity index (χ1v) is 8.07. The minimum absolute atomic E-state index is 0.394. The predicted octanol–water partition coefficient (Wildman–Crippen LogP) is 4.51. The van der Waals surface area contributed by atoms with Crippen LogP contribution >= 0.6 is 0 Å². The Morgan fingerprint density at radius 1 is 1.09 bits per heavy atom. The molecule has 3 heteroatoms. The number of anilines is 2. The van der Waals surface area contributed by atoms with Crippen LogP contribution in [0.1, 0.15) is 36.8 Å². The van der Waals surface area contributed by atoms with E-state index in [4.69, 9.17) is 10.5 Å². The molecule has 0 radical (unpaired) electrons. The molecule has 0 bridgehead atoms. The van der Waals surface area contributed by atoms with E-state index in [2.05, 4.69) is 42.6 Å². The number of hydrogen-bond donors (Lipinski definition) is 2. The van der Waals surface area contributed by atoms with Crippen LogP contribution in [0.3, 0.4) is 0 Å². The molecule has 1 aliphatic carbocycles. The fourth-order valence-corrected chi connectivity index (χ4v) is 2.95. The smallest absolute Gasteiger partial charge is 0.124 e. The summed E-state index contributed by atoms with van der Waals surface area (Å²) in [5, 5.41) is 3.49. The third-order valence-electron chi connectivity index (χ3n) is 4.34. The molecule has 1 fully saturated rings. The van der Waals surface area contributed by atoms with Crippen molar-refractivity contribution >= 4 is 11.4 Å². The Balaban J connectivity index is 1.66. The van der Waals surface area contributed by atoms with Gasteiger partial charge < -0.3 is 15.8 Å². The zero-order valence-corrected chi connectivity index (χ0v) is 13.1. The summed E-state index contributed by atoms with van der Waals surface area (Å²) < 4.78 is 6.16. The second-order valence-corrected chi connectivity index (χ2v) is 6.05. The van der Waals surface area contributed by atoms with Crippen LogP contribution in [-0.2, 0) is 6.54 Å². The molecule has 22 heavy (non-hydrogen) atoms. The monoisotopic (exact) mass is 296 g/mol. The van der Waals surface area contributed by atoms with E-state index in [1.807, 2.05) is 12.1 Å². The van der Waals surface area contributed by atoms with Crippen LogP contribution < -0.4 is 15.8 Å². The van der Waals surface area contributed by atoms with Crippen molar-refractivity contribution in [2.75, 3.05) is 11.1 Å². The van der Waals surface area contributed by atoms with E-state index >= 15 is 0 Å². The van der Waals surface area contributed by atoms with Gasteiger partial charge >= 0.3 is 0 Å². The molecule has 0 amide bonds. The van der Waals surface area contributed by atoms with Crippen molar-refractivity contribution in [3.63, 3.8) is 0 Å². The van der Waals surface area contributed by atoms with Crippen LogP contribution in [0.25, 0.3) is 0 Å². The quantitative estimate of drug-likeness (QED) is 0.798.